The molecule has 0 aliphatic rings. The Kier molecular flexibility index (Phi) is 5.19. The van der Waals surface area contributed by atoms with E-state index in [0.717, 1.165) is 16.7 Å². The van der Waals surface area contributed by atoms with Crippen LogP contribution in [-0.4, -0.2) is 15.9 Å². The van der Waals surface area contributed by atoms with Crippen LogP contribution in [0.1, 0.15) is 34.6 Å². The van der Waals surface area contributed by atoms with Gasteiger partial charge in [0.1, 0.15) is 0 Å². The molecule has 0 saturated carbocycles. The summed E-state index contributed by atoms with van der Waals surface area (Å²) in [5.74, 6) is -0.582. The zero-order chi connectivity index (χ0) is 17.6. The molecule has 0 amide bonds. The molecule has 3 rings (SSSR count). The van der Waals surface area contributed by atoms with Crippen molar-refractivity contribution in [3.63, 3.8) is 0 Å². The van der Waals surface area contributed by atoms with Crippen molar-refractivity contribution < 1.29 is 9.60 Å². The fourth-order valence-electron chi connectivity index (χ4n) is 3.01. The maximum Gasteiger partial charge on any atom is 0.213 e. The quantitative estimate of drug-likeness (QED) is 0.311. The van der Waals surface area contributed by atoms with Crippen LogP contribution < -0.4 is 0 Å². The largest absolute Gasteiger partial charge is 0.411 e. The normalized spacial score (nSPS) is 11.7. The number of nitrogens with zero attached hydrogens (tertiary/aromatic N) is 2. The number of oxime groups is 1. The van der Waals surface area contributed by atoms with Gasteiger partial charge in [-0.15, -0.1) is 0 Å². The Balaban J connectivity index is 2.01. The first-order chi connectivity index (χ1) is 12.2. The number of aryl methyl sites for hydroxylation is 1. The van der Waals surface area contributed by atoms with Gasteiger partial charge in [-0.25, -0.2) is 4.98 Å². The topological polar surface area (TPSA) is 45.5 Å². The third kappa shape index (κ3) is 3.91. The van der Waals surface area contributed by atoms with E-state index in [2.05, 4.69) is 10.1 Å². The molecule has 0 fully saturated rings. The van der Waals surface area contributed by atoms with Gasteiger partial charge in [-0.2, -0.15) is 4.39 Å². The van der Waals surface area contributed by atoms with Crippen LogP contribution in [-0.2, 0) is 0 Å². The van der Waals surface area contributed by atoms with Gasteiger partial charge in [0.25, 0.3) is 0 Å². The molecule has 0 radical (unpaired) electrons. The van der Waals surface area contributed by atoms with Crippen LogP contribution >= 0.6 is 0 Å². The summed E-state index contributed by atoms with van der Waals surface area (Å²) in [5.41, 5.74) is 4.02. The van der Waals surface area contributed by atoms with Crippen LogP contribution in [0.5, 0.6) is 0 Å². The van der Waals surface area contributed by atoms with Crippen LogP contribution in [0.2, 0.25) is 0 Å². The standard InChI is InChI=1S/C21H19FN2O/c1-15-14-23-21(22)13-18(15)20(24-25)12-19(16-8-4-2-5-9-16)17-10-6-3-7-11-17/h2-11,13-14,19,25H,12H2,1H3. The average molecular weight is 334 g/mol. The summed E-state index contributed by atoms with van der Waals surface area (Å²) >= 11 is 0. The lowest BCUT2D eigenvalue weighted by atomic mass is 9.85. The highest BCUT2D eigenvalue weighted by molar-refractivity contribution is 6.02. The van der Waals surface area contributed by atoms with Gasteiger partial charge in [-0.05, 0) is 23.6 Å². The Morgan fingerprint density at radius 3 is 2.12 bits per heavy atom. The van der Waals surface area contributed by atoms with E-state index >= 15 is 0 Å². The number of hydrogen-bond donors (Lipinski definition) is 1. The Bertz CT molecular complexity index is 824. The number of hydrogen-bond acceptors (Lipinski definition) is 3. The molecular weight excluding hydrogens is 315 g/mol. The van der Waals surface area contributed by atoms with E-state index in [1.807, 2.05) is 67.6 Å². The monoisotopic (exact) mass is 334 g/mol. The van der Waals surface area contributed by atoms with Crippen molar-refractivity contribution in [3.8, 4) is 0 Å². The fourth-order valence-corrected chi connectivity index (χ4v) is 3.01. The Morgan fingerprint density at radius 2 is 1.60 bits per heavy atom. The lowest BCUT2D eigenvalue weighted by Crippen LogP contribution is -2.12. The van der Waals surface area contributed by atoms with Gasteiger partial charge in [0.2, 0.25) is 5.95 Å². The van der Waals surface area contributed by atoms with Crippen molar-refractivity contribution in [2.45, 2.75) is 19.3 Å². The molecule has 1 aromatic heterocycles. The first kappa shape index (κ1) is 16.8. The SMILES string of the molecule is Cc1cnc(F)cc1C(CC(c1ccccc1)c1ccccc1)=NO. The highest BCUT2D eigenvalue weighted by atomic mass is 19.1. The van der Waals surface area contributed by atoms with E-state index in [-0.39, 0.29) is 5.92 Å². The second-order valence-corrected chi connectivity index (χ2v) is 5.95. The number of halogens is 1. The van der Waals surface area contributed by atoms with Crippen LogP contribution in [0.3, 0.4) is 0 Å². The molecule has 25 heavy (non-hydrogen) atoms. The fraction of sp³-hybridized carbons (Fsp3) is 0.143. The zero-order valence-electron chi connectivity index (χ0n) is 13.9. The van der Waals surface area contributed by atoms with Crippen LogP contribution in [0.15, 0.2) is 78.1 Å². The summed E-state index contributed by atoms with van der Waals surface area (Å²) in [6, 6.07) is 21.4. The first-order valence-electron chi connectivity index (χ1n) is 8.12. The minimum atomic E-state index is -0.585. The molecule has 1 heterocycles. The van der Waals surface area contributed by atoms with Crippen molar-refractivity contribution >= 4 is 5.71 Å². The molecule has 1 N–H and O–H groups in total. The van der Waals surface area contributed by atoms with E-state index in [1.165, 1.54) is 12.3 Å². The van der Waals surface area contributed by atoms with E-state index in [9.17, 15) is 9.60 Å². The molecule has 0 atom stereocenters. The summed E-state index contributed by atoms with van der Waals surface area (Å²) in [4.78, 5) is 3.65. The van der Waals surface area contributed by atoms with Crippen LogP contribution in [0, 0.1) is 12.9 Å². The second-order valence-electron chi connectivity index (χ2n) is 5.95. The minimum absolute atomic E-state index is 0.00364. The summed E-state index contributed by atoms with van der Waals surface area (Å²) in [5, 5.41) is 13.1. The number of aromatic nitrogens is 1. The summed E-state index contributed by atoms with van der Waals surface area (Å²) in [6.45, 7) is 1.83. The summed E-state index contributed by atoms with van der Waals surface area (Å²) in [6.07, 6.45) is 1.91. The molecule has 0 bridgehead atoms. The average Bonchev–Trinajstić information content (AvgIpc) is 2.66. The predicted molar refractivity (Wildman–Crippen MR) is 96.6 cm³/mol. The molecular formula is C21H19FN2O. The molecule has 4 heteroatoms. The number of benzene rings is 2. The molecule has 3 nitrogen and oxygen atoms in total. The summed E-state index contributed by atoms with van der Waals surface area (Å²) < 4.78 is 13.6. The maximum absolute atomic E-state index is 13.6. The first-order valence-corrected chi connectivity index (χ1v) is 8.12. The van der Waals surface area contributed by atoms with Gasteiger partial charge in [-0.3, -0.25) is 0 Å². The predicted octanol–water partition coefficient (Wildman–Crippen LogP) is 4.93. The molecule has 0 saturated heterocycles. The van der Waals surface area contributed by atoms with Crippen molar-refractivity contribution in [2.75, 3.05) is 0 Å². The molecule has 0 spiro atoms. The number of pyridine rings is 1. The van der Waals surface area contributed by atoms with Crippen molar-refractivity contribution in [2.24, 2.45) is 5.16 Å². The summed E-state index contributed by atoms with van der Waals surface area (Å²) in [7, 11) is 0. The van der Waals surface area contributed by atoms with E-state index < -0.39 is 5.95 Å². The zero-order valence-corrected chi connectivity index (χ0v) is 13.9. The Labute approximate surface area is 146 Å². The smallest absolute Gasteiger partial charge is 0.213 e. The van der Waals surface area contributed by atoms with Crippen LogP contribution in [0.4, 0.5) is 4.39 Å². The highest BCUT2D eigenvalue weighted by Crippen LogP contribution is 2.30. The molecule has 0 aliphatic heterocycles. The minimum Gasteiger partial charge on any atom is -0.411 e. The van der Waals surface area contributed by atoms with Gasteiger partial charge in [0, 0.05) is 30.2 Å². The third-order valence-corrected chi connectivity index (χ3v) is 4.30. The second kappa shape index (κ2) is 7.71. The van der Waals surface area contributed by atoms with Crippen molar-refractivity contribution in [3.05, 3.63) is 101 Å². The lowest BCUT2D eigenvalue weighted by Gasteiger charge is -2.19. The van der Waals surface area contributed by atoms with E-state index in [0.29, 0.717) is 17.7 Å². The van der Waals surface area contributed by atoms with E-state index in [1.54, 1.807) is 0 Å². The number of rotatable bonds is 5. The van der Waals surface area contributed by atoms with Gasteiger partial charge >= 0.3 is 0 Å². The third-order valence-electron chi connectivity index (χ3n) is 4.30. The molecule has 126 valence electrons. The molecule has 0 aliphatic carbocycles. The molecule has 3 aromatic rings. The maximum atomic E-state index is 13.6. The molecule has 0 unspecified atom stereocenters. The van der Waals surface area contributed by atoms with Crippen LogP contribution in [0.25, 0.3) is 0 Å². The van der Waals surface area contributed by atoms with E-state index in [4.69, 9.17) is 0 Å². The highest BCUT2D eigenvalue weighted by Gasteiger charge is 2.20. The van der Waals surface area contributed by atoms with Gasteiger partial charge < -0.3 is 5.21 Å². The molecule has 2 aromatic carbocycles. The lowest BCUT2D eigenvalue weighted by molar-refractivity contribution is 0.317. The van der Waals surface area contributed by atoms with Gasteiger partial charge in [0.15, 0.2) is 0 Å². The Hall–Kier alpha value is -3.01. The van der Waals surface area contributed by atoms with Gasteiger partial charge in [-0.1, -0.05) is 65.8 Å². The van der Waals surface area contributed by atoms with Crippen molar-refractivity contribution in [1.82, 2.24) is 4.98 Å². The van der Waals surface area contributed by atoms with Gasteiger partial charge in [0.05, 0.1) is 5.71 Å². The van der Waals surface area contributed by atoms with Crippen molar-refractivity contribution in [1.29, 1.82) is 0 Å². The Morgan fingerprint density at radius 1 is 1.04 bits per heavy atom.